The van der Waals surface area contributed by atoms with Crippen LogP contribution in [-0.2, 0) is 9.47 Å². The monoisotopic (exact) mass is 285 g/mol. The molecule has 20 heavy (non-hydrogen) atoms. The maximum absolute atomic E-state index is 12.7. The number of ether oxygens (including phenoxy) is 2. The number of aliphatic hydroxyl groups excluding tert-OH is 1. The van der Waals surface area contributed by atoms with Crippen molar-refractivity contribution >= 4 is 0 Å². The topological polar surface area (TPSA) is 50.7 Å². The molecule has 0 spiro atoms. The number of hydrogen-bond acceptors (Lipinski definition) is 4. The van der Waals surface area contributed by atoms with Crippen LogP contribution in [0.5, 0.6) is 0 Å². The van der Waals surface area contributed by atoms with Gasteiger partial charge in [0.15, 0.2) is 0 Å². The molecular formula is C15H24FNO3. The first kappa shape index (κ1) is 17.0. The molecule has 0 aliphatic rings. The summed E-state index contributed by atoms with van der Waals surface area (Å²) in [7, 11) is 1.65. The summed E-state index contributed by atoms with van der Waals surface area (Å²) in [6, 6.07) is 5.92. The first-order chi connectivity index (χ1) is 9.74. The SMILES string of the molecule is COCCOCCCCNCC(O)c1ccc(F)cc1. The van der Waals surface area contributed by atoms with E-state index in [0.717, 1.165) is 31.6 Å². The highest BCUT2D eigenvalue weighted by atomic mass is 19.1. The van der Waals surface area contributed by atoms with Gasteiger partial charge >= 0.3 is 0 Å². The van der Waals surface area contributed by atoms with Gasteiger partial charge < -0.3 is 19.9 Å². The Kier molecular flexibility index (Phi) is 9.15. The minimum absolute atomic E-state index is 0.289. The third kappa shape index (κ3) is 7.55. The highest BCUT2D eigenvalue weighted by Crippen LogP contribution is 2.12. The van der Waals surface area contributed by atoms with E-state index in [0.29, 0.717) is 19.8 Å². The van der Waals surface area contributed by atoms with Crippen LogP contribution < -0.4 is 5.32 Å². The zero-order valence-corrected chi connectivity index (χ0v) is 12.0. The van der Waals surface area contributed by atoms with Gasteiger partial charge in [-0.1, -0.05) is 12.1 Å². The molecule has 0 heterocycles. The summed E-state index contributed by atoms with van der Waals surface area (Å²) in [4.78, 5) is 0. The number of methoxy groups -OCH3 is 1. The fourth-order valence-corrected chi connectivity index (χ4v) is 1.74. The third-order valence-electron chi connectivity index (χ3n) is 2.92. The summed E-state index contributed by atoms with van der Waals surface area (Å²) in [6.45, 7) is 3.28. The summed E-state index contributed by atoms with van der Waals surface area (Å²) < 4.78 is 23.0. The molecule has 0 aliphatic heterocycles. The zero-order chi connectivity index (χ0) is 14.6. The van der Waals surface area contributed by atoms with Crippen molar-refractivity contribution in [3.63, 3.8) is 0 Å². The van der Waals surface area contributed by atoms with Crippen LogP contribution in [0.4, 0.5) is 4.39 Å². The Hall–Kier alpha value is -1.01. The number of unbranched alkanes of at least 4 members (excludes halogenated alkanes) is 1. The highest BCUT2D eigenvalue weighted by Gasteiger charge is 2.06. The van der Waals surface area contributed by atoms with Crippen LogP contribution in [0.2, 0.25) is 0 Å². The lowest BCUT2D eigenvalue weighted by atomic mass is 10.1. The van der Waals surface area contributed by atoms with Crippen LogP contribution >= 0.6 is 0 Å². The van der Waals surface area contributed by atoms with Gasteiger partial charge in [0.25, 0.3) is 0 Å². The standard InChI is InChI=1S/C15H24FNO3/c1-19-10-11-20-9-3-2-8-17-12-15(18)13-4-6-14(16)7-5-13/h4-7,15,17-18H,2-3,8-12H2,1H3. The predicted octanol–water partition coefficient (Wildman–Crippen LogP) is 1.89. The number of rotatable bonds is 11. The van der Waals surface area contributed by atoms with Gasteiger partial charge in [-0.2, -0.15) is 0 Å². The molecule has 0 aromatic heterocycles. The third-order valence-corrected chi connectivity index (χ3v) is 2.92. The van der Waals surface area contributed by atoms with Crippen molar-refractivity contribution in [1.82, 2.24) is 5.32 Å². The van der Waals surface area contributed by atoms with Gasteiger partial charge in [-0.05, 0) is 37.1 Å². The van der Waals surface area contributed by atoms with Crippen molar-refractivity contribution < 1.29 is 19.0 Å². The molecular weight excluding hydrogens is 261 g/mol. The molecule has 1 aromatic rings. The molecule has 5 heteroatoms. The lowest BCUT2D eigenvalue weighted by Crippen LogP contribution is -2.22. The molecule has 0 radical (unpaired) electrons. The van der Waals surface area contributed by atoms with Crippen molar-refractivity contribution in [3.05, 3.63) is 35.6 Å². The van der Waals surface area contributed by atoms with Crippen molar-refractivity contribution in [2.45, 2.75) is 18.9 Å². The molecule has 0 bridgehead atoms. The van der Waals surface area contributed by atoms with Crippen LogP contribution in [0.1, 0.15) is 24.5 Å². The summed E-state index contributed by atoms with van der Waals surface area (Å²) in [5.41, 5.74) is 0.724. The molecule has 0 fully saturated rings. The van der Waals surface area contributed by atoms with Crippen molar-refractivity contribution in [1.29, 1.82) is 0 Å². The molecule has 4 nitrogen and oxygen atoms in total. The van der Waals surface area contributed by atoms with Crippen molar-refractivity contribution in [2.75, 3.05) is 40.0 Å². The van der Waals surface area contributed by atoms with Crippen molar-refractivity contribution in [2.24, 2.45) is 0 Å². The summed E-state index contributed by atoms with van der Waals surface area (Å²) >= 11 is 0. The molecule has 0 saturated carbocycles. The Labute approximate surface area is 119 Å². The van der Waals surface area contributed by atoms with E-state index in [1.54, 1.807) is 19.2 Å². The minimum atomic E-state index is -0.603. The summed E-state index contributed by atoms with van der Waals surface area (Å²) in [6.07, 6.45) is 1.36. The van der Waals surface area contributed by atoms with E-state index in [1.807, 2.05) is 0 Å². The van der Waals surface area contributed by atoms with Crippen LogP contribution in [0, 0.1) is 5.82 Å². The lowest BCUT2D eigenvalue weighted by Gasteiger charge is -2.12. The first-order valence-corrected chi connectivity index (χ1v) is 6.95. The van der Waals surface area contributed by atoms with Gasteiger partial charge in [-0.25, -0.2) is 4.39 Å². The summed E-state index contributed by atoms with van der Waals surface area (Å²) in [5, 5.41) is 13.1. The van der Waals surface area contributed by atoms with Crippen molar-refractivity contribution in [3.8, 4) is 0 Å². The molecule has 0 amide bonds. The van der Waals surface area contributed by atoms with Gasteiger partial charge in [-0.3, -0.25) is 0 Å². The van der Waals surface area contributed by atoms with E-state index in [2.05, 4.69) is 5.32 Å². The van der Waals surface area contributed by atoms with Gasteiger partial charge in [-0.15, -0.1) is 0 Å². The fourth-order valence-electron chi connectivity index (χ4n) is 1.74. The Morgan fingerprint density at radius 3 is 2.60 bits per heavy atom. The predicted molar refractivity (Wildman–Crippen MR) is 76.2 cm³/mol. The van der Waals surface area contributed by atoms with Crippen LogP contribution in [0.15, 0.2) is 24.3 Å². The van der Waals surface area contributed by atoms with E-state index in [9.17, 15) is 9.50 Å². The number of aliphatic hydroxyl groups is 1. The normalized spacial score (nSPS) is 12.6. The maximum Gasteiger partial charge on any atom is 0.123 e. The second-order valence-electron chi connectivity index (χ2n) is 4.58. The molecule has 1 unspecified atom stereocenters. The number of nitrogens with one attached hydrogen (secondary N) is 1. The molecule has 1 aromatic carbocycles. The number of benzene rings is 1. The molecule has 1 rings (SSSR count). The number of hydrogen-bond donors (Lipinski definition) is 2. The summed E-state index contributed by atoms with van der Waals surface area (Å²) in [5.74, 6) is -0.289. The van der Waals surface area contributed by atoms with E-state index in [1.165, 1.54) is 12.1 Å². The largest absolute Gasteiger partial charge is 0.387 e. The van der Waals surface area contributed by atoms with Crippen LogP contribution in [-0.4, -0.2) is 45.1 Å². The van der Waals surface area contributed by atoms with Gasteiger partial charge in [0.2, 0.25) is 0 Å². The minimum Gasteiger partial charge on any atom is -0.387 e. The van der Waals surface area contributed by atoms with Gasteiger partial charge in [0.1, 0.15) is 5.82 Å². The molecule has 114 valence electrons. The molecule has 0 aliphatic carbocycles. The quantitative estimate of drug-likeness (QED) is 0.610. The van der Waals surface area contributed by atoms with E-state index in [-0.39, 0.29) is 5.82 Å². The highest BCUT2D eigenvalue weighted by molar-refractivity contribution is 5.18. The van der Waals surface area contributed by atoms with Gasteiger partial charge in [0, 0.05) is 20.3 Å². The Morgan fingerprint density at radius 1 is 1.15 bits per heavy atom. The van der Waals surface area contributed by atoms with E-state index in [4.69, 9.17) is 9.47 Å². The fraction of sp³-hybridized carbons (Fsp3) is 0.600. The Morgan fingerprint density at radius 2 is 1.90 bits per heavy atom. The molecule has 1 atom stereocenters. The maximum atomic E-state index is 12.7. The van der Waals surface area contributed by atoms with E-state index >= 15 is 0 Å². The van der Waals surface area contributed by atoms with Crippen LogP contribution in [0.25, 0.3) is 0 Å². The van der Waals surface area contributed by atoms with Gasteiger partial charge in [0.05, 0.1) is 19.3 Å². The van der Waals surface area contributed by atoms with Crippen LogP contribution in [0.3, 0.4) is 0 Å². The van der Waals surface area contributed by atoms with E-state index < -0.39 is 6.10 Å². The zero-order valence-electron chi connectivity index (χ0n) is 12.0. The molecule has 2 N–H and O–H groups in total. The first-order valence-electron chi connectivity index (χ1n) is 6.95. The molecule has 0 saturated heterocycles. The average Bonchev–Trinajstić information content (AvgIpc) is 2.46. The number of halogens is 1. The second kappa shape index (κ2) is 10.7. The Balaban J connectivity index is 1.99. The lowest BCUT2D eigenvalue weighted by molar-refractivity contribution is 0.0687. The Bertz CT molecular complexity index is 345. The second-order valence-corrected chi connectivity index (χ2v) is 4.58. The average molecular weight is 285 g/mol. The smallest absolute Gasteiger partial charge is 0.123 e.